The lowest BCUT2D eigenvalue weighted by Gasteiger charge is -2.26. The number of benzene rings is 3. The molecule has 0 radical (unpaired) electrons. The molecule has 1 heterocycles. The summed E-state index contributed by atoms with van der Waals surface area (Å²) in [4.78, 5) is 28.3. The highest BCUT2D eigenvalue weighted by atomic mass is 16.5. The molecule has 1 atom stereocenters. The van der Waals surface area contributed by atoms with E-state index in [1.54, 1.807) is 36.4 Å². The summed E-state index contributed by atoms with van der Waals surface area (Å²) in [6, 6.07) is 18.6. The molecule has 0 bridgehead atoms. The molecule has 3 aromatic carbocycles. The predicted octanol–water partition coefficient (Wildman–Crippen LogP) is 5.12. The van der Waals surface area contributed by atoms with Gasteiger partial charge in [0.25, 0.3) is 11.7 Å². The number of ether oxygens (including phenoxy) is 4. The number of hydrogen-bond donors (Lipinski definition) is 1. The van der Waals surface area contributed by atoms with E-state index >= 15 is 0 Å². The molecule has 0 aliphatic carbocycles. The van der Waals surface area contributed by atoms with Crippen LogP contribution in [0.25, 0.3) is 5.76 Å². The Bertz CT molecular complexity index is 1320. The molecule has 38 heavy (non-hydrogen) atoms. The minimum atomic E-state index is -0.913. The first-order valence-corrected chi connectivity index (χ1v) is 12.3. The Morgan fingerprint density at radius 3 is 2.18 bits per heavy atom. The lowest BCUT2D eigenvalue weighted by molar-refractivity contribution is -0.140. The van der Waals surface area contributed by atoms with Gasteiger partial charge in [0.1, 0.15) is 11.5 Å². The van der Waals surface area contributed by atoms with E-state index < -0.39 is 17.7 Å². The number of ketones is 1. The van der Waals surface area contributed by atoms with E-state index in [-0.39, 0.29) is 17.9 Å². The molecule has 4 rings (SSSR count). The maximum Gasteiger partial charge on any atom is 0.295 e. The Kier molecular flexibility index (Phi) is 8.21. The van der Waals surface area contributed by atoms with E-state index in [9.17, 15) is 14.7 Å². The largest absolute Gasteiger partial charge is 0.507 e. The Morgan fingerprint density at radius 2 is 1.58 bits per heavy atom. The fourth-order valence-electron chi connectivity index (χ4n) is 4.54. The average Bonchev–Trinajstić information content (AvgIpc) is 3.20. The molecule has 0 spiro atoms. The van der Waals surface area contributed by atoms with Crippen LogP contribution in [0.1, 0.15) is 36.1 Å². The van der Waals surface area contributed by atoms with Gasteiger partial charge in [0.05, 0.1) is 39.6 Å². The normalized spacial score (nSPS) is 16.4. The molecule has 0 saturated carbocycles. The van der Waals surface area contributed by atoms with E-state index in [2.05, 4.69) is 0 Å². The summed E-state index contributed by atoms with van der Waals surface area (Å²) in [5.74, 6) is -0.133. The topological polar surface area (TPSA) is 94.5 Å². The van der Waals surface area contributed by atoms with Crippen molar-refractivity contribution in [3.63, 3.8) is 0 Å². The van der Waals surface area contributed by atoms with E-state index in [1.807, 2.05) is 37.3 Å². The zero-order valence-electron chi connectivity index (χ0n) is 21.9. The van der Waals surface area contributed by atoms with Crippen LogP contribution >= 0.6 is 0 Å². The zero-order valence-corrected chi connectivity index (χ0v) is 21.9. The van der Waals surface area contributed by atoms with Crippen molar-refractivity contribution in [1.82, 2.24) is 4.90 Å². The van der Waals surface area contributed by atoms with Crippen molar-refractivity contribution < 1.29 is 33.6 Å². The number of methoxy groups -OCH3 is 3. The summed E-state index contributed by atoms with van der Waals surface area (Å²) in [5.41, 5.74) is 1.69. The molecular weight excluding hydrogens is 486 g/mol. The standard InChI is InChI=1S/C30H31NO7/c1-5-14-38-22-13-9-12-20(15-22)27(32)25-26(21-16-23(35-2)29(37-4)24(17-21)36-3)31(30(34)28(25)33)18-19-10-7-6-8-11-19/h6-13,15-17,26,32H,5,14,18H2,1-4H3. The lowest BCUT2D eigenvalue weighted by Crippen LogP contribution is -2.29. The Balaban J connectivity index is 1.91. The molecule has 1 fully saturated rings. The van der Waals surface area contributed by atoms with Gasteiger partial charge < -0.3 is 29.0 Å². The van der Waals surface area contributed by atoms with Crippen LogP contribution in [0.4, 0.5) is 0 Å². The quantitative estimate of drug-likeness (QED) is 0.227. The number of amides is 1. The van der Waals surface area contributed by atoms with Crippen molar-refractivity contribution in [2.24, 2.45) is 0 Å². The van der Waals surface area contributed by atoms with Gasteiger partial charge in [-0.1, -0.05) is 49.4 Å². The summed E-state index contributed by atoms with van der Waals surface area (Å²) >= 11 is 0. The fraction of sp³-hybridized carbons (Fsp3) is 0.267. The SMILES string of the molecule is CCCOc1cccc(C(O)=C2C(=O)C(=O)N(Cc3ccccc3)C2c2cc(OC)c(OC)c(OC)c2)c1. The van der Waals surface area contributed by atoms with E-state index in [4.69, 9.17) is 18.9 Å². The molecule has 1 unspecified atom stereocenters. The number of nitrogens with zero attached hydrogens (tertiary/aromatic N) is 1. The summed E-state index contributed by atoms with van der Waals surface area (Å²) in [7, 11) is 4.47. The number of carbonyl (C=O) groups is 2. The van der Waals surface area contributed by atoms with Crippen LogP contribution in [0.2, 0.25) is 0 Å². The Hall–Kier alpha value is -4.46. The van der Waals surface area contributed by atoms with Gasteiger partial charge in [-0.05, 0) is 41.8 Å². The van der Waals surface area contributed by atoms with Crippen molar-refractivity contribution in [1.29, 1.82) is 0 Å². The second kappa shape index (κ2) is 11.7. The summed E-state index contributed by atoms with van der Waals surface area (Å²) < 4.78 is 22.2. The fourth-order valence-corrected chi connectivity index (χ4v) is 4.54. The molecule has 198 valence electrons. The van der Waals surface area contributed by atoms with Crippen LogP contribution in [-0.4, -0.2) is 49.6 Å². The first-order chi connectivity index (χ1) is 18.4. The van der Waals surface area contributed by atoms with Crippen molar-refractivity contribution in [3.8, 4) is 23.0 Å². The van der Waals surface area contributed by atoms with Gasteiger partial charge in [-0.25, -0.2) is 0 Å². The molecule has 1 amide bonds. The van der Waals surface area contributed by atoms with Gasteiger partial charge in [0, 0.05) is 12.1 Å². The van der Waals surface area contributed by atoms with E-state index in [0.29, 0.717) is 40.7 Å². The molecule has 3 aromatic rings. The van der Waals surface area contributed by atoms with E-state index in [0.717, 1.165) is 12.0 Å². The van der Waals surface area contributed by atoms with Crippen LogP contribution in [0.5, 0.6) is 23.0 Å². The second-order valence-electron chi connectivity index (χ2n) is 8.75. The highest BCUT2D eigenvalue weighted by Gasteiger charge is 2.46. The van der Waals surface area contributed by atoms with Gasteiger partial charge in [0.15, 0.2) is 11.5 Å². The zero-order chi connectivity index (χ0) is 27.2. The molecular formula is C30H31NO7. The van der Waals surface area contributed by atoms with Crippen molar-refractivity contribution in [3.05, 3.63) is 89.0 Å². The van der Waals surface area contributed by atoms with Gasteiger partial charge in [-0.15, -0.1) is 0 Å². The van der Waals surface area contributed by atoms with Crippen molar-refractivity contribution in [2.75, 3.05) is 27.9 Å². The highest BCUT2D eigenvalue weighted by Crippen LogP contribution is 2.46. The number of likely N-dealkylation sites (tertiary alicyclic amines) is 1. The summed E-state index contributed by atoms with van der Waals surface area (Å²) in [5, 5.41) is 11.5. The van der Waals surface area contributed by atoms with E-state index in [1.165, 1.54) is 26.2 Å². The van der Waals surface area contributed by atoms with Gasteiger partial charge in [0.2, 0.25) is 5.75 Å². The van der Waals surface area contributed by atoms with Crippen LogP contribution in [-0.2, 0) is 16.1 Å². The smallest absolute Gasteiger partial charge is 0.295 e. The maximum atomic E-state index is 13.5. The van der Waals surface area contributed by atoms with Gasteiger partial charge in [-0.3, -0.25) is 9.59 Å². The summed E-state index contributed by atoms with van der Waals surface area (Å²) in [6.45, 7) is 2.66. The average molecular weight is 518 g/mol. The number of rotatable bonds is 10. The highest BCUT2D eigenvalue weighted by molar-refractivity contribution is 6.46. The molecule has 1 saturated heterocycles. The van der Waals surface area contributed by atoms with Crippen LogP contribution in [0.3, 0.4) is 0 Å². The second-order valence-corrected chi connectivity index (χ2v) is 8.75. The minimum Gasteiger partial charge on any atom is -0.507 e. The minimum absolute atomic E-state index is 0.0344. The van der Waals surface area contributed by atoms with Crippen LogP contribution in [0, 0.1) is 0 Å². The van der Waals surface area contributed by atoms with Crippen molar-refractivity contribution >= 4 is 17.4 Å². The first kappa shape index (κ1) is 26.6. The van der Waals surface area contributed by atoms with Crippen LogP contribution in [0.15, 0.2) is 72.3 Å². The van der Waals surface area contributed by atoms with Gasteiger partial charge >= 0.3 is 0 Å². The lowest BCUT2D eigenvalue weighted by atomic mass is 9.94. The molecule has 8 heteroatoms. The van der Waals surface area contributed by atoms with Crippen LogP contribution < -0.4 is 18.9 Å². The van der Waals surface area contributed by atoms with Crippen molar-refractivity contribution in [2.45, 2.75) is 25.9 Å². The third-order valence-corrected chi connectivity index (χ3v) is 6.32. The molecule has 1 N–H and O–H groups in total. The third kappa shape index (κ3) is 5.16. The molecule has 1 aliphatic heterocycles. The number of hydrogen-bond acceptors (Lipinski definition) is 7. The molecule has 0 aromatic heterocycles. The first-order valence-electron chi connectivity index (χ1n) is 12.3. The Labute approximate surface area is 222 Å². The molecule has 8 nitrogen and oxygen atoms in total. The van der Waals surface area contributed by atoms with Gasteiger partial charge in [-0.2, -0.15) is 0 Å². The number of aliphatic hydroxyl groups excluding tert-OH is 1. The number of carbonyl (C=O) groups excluding carboxylic acids is 2. The predicted molar refractivity (Wildman–Crippen MR) is 143 cm³/mol. The number of aliphatic hydroxyl groups is 1. The monoisotopic (exact) mass is 517 g/mol. The third-order valence-electron chi connectivity index (χ3n) is 6.32. The Morgan fingerprint density at radius 1 is 0.895 bits per heavy atom. The summed E-state index contributed by atoms with van der Waals surface area (Å²) in [6.07, 6.45) is 0.821. The number of Topliss-reactive ketones (excluding diaryl/α,β-unsaturated/α-hetero) is 1. The molecule has 1 aliphatic rings. The maximum absolute atomic E-state index is 13.5.